The van der Waals surface area contributed by atoms with Crippen LogP contribution >= 0.6 is 0 Å². The Morgan fingerprint density at radius 3 is 1.86 bits per heavy atom. The molecule has 0 heterocycles. The maximum atomic E-state index is 10.8. The van der Waals surface area contributed by atoms with E-state index in [4.69, 9.17) is 9.66 Å². The third-order valence-corrected chi connectivity index (χ3v) is 1.73. The zero-order valence-corrected chi connectivity index (χ0v) is 8.16. The minimum Gasteiger partial charge on any atom is -0.478 e. The molecule has 0 aliphatic rings. The fraction of sp³-hybridized carbons (Fsp3) is 0.333. The second kappa shape index (κ2) is 4.20. The molecule has 0 spiro atoms. The number of carbonyl (C=O) groups excluding carboxylic acids is 1. The Kier molecular flexibility index (Phi) is 3.78. The van der Waals surface area contributed by atoms with Crippen LogP contribution in [0.1, 0.15) is 13.8 Å². The Balaban J connectivity index is 4.90. The average Bonchev–Trinajstić information content (AvgIpc) is 1.98. The summed E-state index contributed by atoms with van der Waals surface area (Å²) in [7, 11) is -4.90. The quantitative estimate of drug-likeness (QED) is 0.501. The normalized spacial score (nSPS) is 13.1. The molecule has 80 valence electrons. The summed E-state index contributed by atoms with van der Waals surface area (Å²) >= 11 is 0. The number of aliphatic carboxylic acids is 1. The molecule has 0 amide bonds. The van der Waals surface area contributed by atoms with Crippen LogP contribution in [0.25, 0.3) is 0 Å². The number of hydrogen-bond acceptors (Lipinski definition) is 5. The second-order valence-corrected chi connectivity index (χ2v) is 3.38. The van der Waals surface area contributed by atoms with Gasteiger partial charge >= 0.3 is 22.3 Å². The highest BCUT2D eigenvalue weighted by molar-refractivity contribution is 7.81. The Bertz CT molecular complexity index is 388. The lowest BCUT2D eigenvalue weighted by molar-refractivity contribution is -0.134. The summed E-state index contributed by atoms with van der Waals surface area (Å²) in [6.45, 7) is 2.17. The molecule has 2 N–H and O–H groups in total. The molecular formula is C6H8O7S. The van der Waals surface area contributed by atoms with Crippen LogP contribution in [-0.2, 0) is 24.2 Å². The van der Waals surface area contributed by atoms with Crippen molar-refractivity contribution in [2.75, 3.05) is 0 Å². The molecule has 0 radical (unpaired) electrons. The molecule has 0 aliphatic carbocycles. The van der Waals surface area contributed by atoms with Gasteiger partial charge in [0, 0.05) is 11.1 Å². The van der Waals surface area contributed by atoms with E-state index in [0.29, 0.717) is 0 Å². The van der Waals surface area contributed by atoms with Gasteiger partial charge in [0.1, 0.15) is 0 Å². The number of carbonyl (C=O) groups is 2. The highest BCUT2D eigenvalue weighted by Gasteiger charge is 2.19. The van der Waals surface area contributed by atoms with Crippen molar-refractivity contribution in [3.8, 4) is 0 Å². The standard InChI is InChI=1S/C6H8O7S/c1-3(5(7)8)4(2)6(9)13-14(10,11)12/h1-2H3,(H,7,8)(H,10,11,12)/b4-3+. The Labute approximate surface area is 79.9 Å². The summed E-state index contributed by atoms with van der Waals surface area (Å²) in [5, 5.41) is 8.42. The van der Waals surface area contributed by atoms with Crippen molar-refractivity contribution in [2.45, 2.75) is 13.8 Å². The fourth-order valence-electron chi connectivity index (χ4n) is 0.472. The molecule has 0 aromatic carbocycles. The van der Waals surface area contributed by atoms with Crippen LogP contribution in [0.3, 0.4) is 0 Å². The van der Waals surface area contributed by atoms with E-state index in [1.165, 1.54) is 0 Å². The summed E-state index contributed by atoms with van der Waals surface area (Å²) in [5.74, 6) is -2.80. The smallest absolute Gasteiger partial charge is 0.449 e. The van der Waals surface area contributed by atoms with Crippen LogP contribution in [0.4, 0.5) is 0 Å². The van der Waals surface area contributed by atoms with E-state index in [0.717, 1.165) is 13.8 Å². The first-order valence-electron chi connectivity index (χ1n) is 3.27. The second-order valence-electron chi connectivity index (χ2n) is 2.35. The van der Waals surface area contributed by atoms with Crippen molar-refractivity contribution in [1.82, 2.24) is 0 Å². The van der Waals surface area contributed by atoms with E-state index in [2.05, 4.69) is 4.18 Å². The van der Waals surface area contributed by atoms with E-state index in [1.807, 2.05) is 0 Å². The molecule has 0 bridgehead atoms. The van der Waals surface area contributed by atoms with Crippen LogP contribution in [0.5, 0.6) is 0 Å². The van der Waals surface area contributed by atoms with Crippen molar-refractivity contribution >= 4 is 22.3 Å². The molecule has 0 fully saturated rings. The Hall–Kier alpha value is -1.41. The lowest BCUT2D eigenvalue weighted by Crippen LogP contribution is -2.15. The first-order chi connectivity index (χ1) is 6.15. The predicted octanol–water partition coefficient (Wildman–Crippen LogP) is -0.247. The van der Waals surface area contributed by atoms with Gasteiger partial charge in [-0.3, -0.25) is 4.55 Å². The van der Waals surface area contributed by atoms with Gasteiger partial charge in [-0.05, 0) is 13.8 Å². The minimum atomic E-state index is -4.90. The first-order valence-corrected chi connectivity index (χ1v) is 4.63. The lowest BCUT2D eigenvalue weighted by Gasteiger charge is -2.01. The van der Waals surface area contributed by atoms with Gasteiger partial charge in [0.15, 0.2) is 0 Å². The lowest BCUT2D eigenvalue weighted by atomic mass is 10.1. The van der Waals surface area contributed by atoms with Crippen molar-refractivity contribution in [1.29, 1.82) is 0 Å². The minimum absolute atomic E-state index is 0.362. The maximum Gasteiger partial charge on any atom is 0.449 e. The van der Waals surface area contributed by atoms with Gasteiger partial charge < -0.3 is 9.29 Å². The Morgan fingerprint density at radius 2 is 1.57 bits per heavy atom. The van der Waals surface area contributed by atoms with E-state index >= 15 is 0 Å². The van der Waals surface area contributed by atoms with E-state index in [9.17, 15) is 18.0 Å². The van der Waals surface area contributed by atoms with E-state index < -0.39 is 27.9 Å². The maximum absolute atomic E-state index is 10.8. The number of carboxylic acids is 1. The van der Waals surface area contributed by atoms with Gasteiger partial charge in [-0.15, -0.1) is 0 Å². The summed E-state index contributed by atoms with van der Waals surface area (Å²) in [5.41, 5.74) is -0.770. The average molecular weight is 224 g/mol. The number of rotatable bonds is 3. The van der Waals surface area contributed by atoms with Crippen molar-refractivity contribution < 1.29 is 31.8 Å². The molecule has 0 aromatic heterocycles. The summed E-state index contributed by atoms with van der Waals surface area (Å²) in [6, 6.07) is 0. The third-order valence-electron chi connectivity index (χ3n) is 1.37. The summed E-state index contributed by atoms with van der Waals surface area (Å²) in [4.78, 5) is 21.2. The van der Waals surface area contributed by atoms with Gasteiger partial charge in [-0.2, -0.15) is 8.42 Å². The van der Waals surface area contributed by atoms with Crippen molar-refractivity contribution in [3.05, 3.63) is 11.1 Å². The molecule has 0 rings (SSSR count). The van der Waals surface area contributed by atoms with Gasteiger partial charge in [0.2, 0.25) is 0 Å². The molecule has 0 saturated heterocycles. The van der Waals surface area contributed by atoms with Crippen molar-refractivity contribution in [2.24, 2.45) is 0 Å². The molecule has 7 nitrogen and oxygen atoms in total. The van der Waals surface area contributed by atoms with Crippen molar-refractivity contribution in [3.63, 3.8) is 0 Å². The van der Waals surface area contributed by atoms with Gasteiger partial charge in [0.25, 0.3) is 0 Å². The molecule has 0 aromatic rings. The zero-order valence-electron chi connectivity index (χ0n) is 7.34. The fourth-order valence-corrected chi connectivity index (χ4v) is 0.788. The molecule has 0 atom stereocenters. The number of hydrogen-bond donors (Lipinski definition) is 2. The molecule has 0 saturated carbocycles. The molecule has 0 aliphatic heterocycles. The topological polar surface area (TPSA) is 118 Å². The molecule has 0 unspecified atom stereocenters. The summed E-state index contributed by atoms with van der Waals surface area (Å²) in [6.07, 6.45) is 0. The highest BCUT2D eigenvalue weighted by Crippen LogP contribution is 2.06. The Morgan fingerprint density at radius 1 is 1.14 bits per heavy atom. The first kappa shape index (κ1) is 12.6. The zero-order chi connectivity index (χ0) is 11.5. The van der Waals surface area contributed by atoms with Gasteiger partial charge in [0.05, 0.1) is 0 Å². The SMILES string of the molecule is C/C(C(=O)O)=C(/C)C(=O)OS(=O)(=O)O. The van der Waals surface area contributed by atoms with Gasteiger partial charge in [-0.25, -0.2) is 9.59 Å². The predicted molar refractivity (Wildman–Crippen MR) is 43.7 cm³/mol. The largest absolute Gasteiger partial charge is 0.478 e. The van der Waals surface area contributed by atoms with Crippen LogP contribution in [0, 0.1) is 0 Å². The molecule has 14 heavy (non-hydrogen) atoms. The van der Waals surface area contributed by atoms with E-state index in [1.54, 1.807) is 0 Å². The monoisotopic (exact) mass is 224 g/mol. The molecule has 8 heteroatoms. The van der Waals surface area contributed by atoms with Crippen LogP contribution < -0.4 is 0 Å². The van der Waals surface area contributed by atoms with Crippen LogP contribution in [-0.4, -0.2) is 30.0 Å². The van der Waals surface area contributed by atoms with E-state index in [-0.39, 0.29) is 5.57 Å². The number of carboxylic acid groups (broad SMARTS) is 1. The van der Waals surface area contributed by atoms with Gasteiger partial charge in [-0.1, -0.05) is 0 Å². The van der Waals surface area contributed by atoms with Crippen LogP contribution in [0.2, 0.25) is 0 Å². The highest BCUT2D eigenvalue weighted by atomic mass is 32.3. The molecular weight excluding hydrogens is 216 g/mol. The van der Waals surface area contributed by atoms with Crippen LogP contribution in [0.15, 0.2) is 11.1 Å². The third kappa shape index (κ3) is 4.01. The summed E-state index contributed by atoms with van der Waals surface area (Å²) < 4.78 is 31.8.